The average Bonchev–Trinajstić information content (AvgIpc) is 2.66. The van der Waals surface area contributed by atoms with Crippen LogP contribution in [-0.4, -0.2) is 42.8 Å². The quantitative estimate of drug-likeness (QED) is 0.856. The molecular formula is C14H20N2O3S. The molecule has 1 aromatic carbocycles. The number of aryl methyl sites for hydroxylation is 1. The summed E-state index contributed by atoms with van der Waals surface area (Å²) in [6.07, 6.45) is 0.816. The number of rotatable bonds is 4. The maximum Gasteiger partial charge on any atom is 0.334 e. The minimum absolute atomic E-state index is 0.168. The lowest BCUT2D eigenvalue weighted by Gasteiger charge is -2.20. The molecular weight excluding hydrogens is 276 g/mol. The number of carbonyl (C=O) groups is 1. The first-order valence-electron chi connectivity index (χ1n) is 6.78. The Hall–Kier alpha value is -1.56. The van der Waals surface area contributed by atoms with Crippen LogP contribution in [0.5, 0.6) is 0 Å². The first kappa shape index (κ1) is 14.8. The highest BCUT2D eigenvalue weighted by atomic mass is 32.2. The van der Waals surface area contributed by atoms with Crippen LogP contribution >= 0.6 is 0 Å². The monoisotopic (exact) mass is 296 g/mol. The molecule has 0 radical (unpaired) electrons. The summed E-state index contributed by atoms with van der Waals surface area (Å²) in [5, 5.41) is 0. The first-order valence-corrected chi connectivity index (χ1v) is 8.22. The standard InChI is InChI=1S/C14H20N2O3S/c1-4-9-15-10-12(3)16(14(15)17)20(18,19)13-7-5-11(2)6-8-13/h5-8,12H,4,9-10H2,1-3H3. The largest absolute Gasteiger partial charge is 0.334 e. The van der Waals surface area contributed by atoms with Gasteiger partial charge in [0.25, 0.3) is 10.0 Å². The second kappa shape index (κ2) is 5.44. The van der Waals surface area contributed by atoms with Crippen molar-refractivity contribution in [1.29, 1.82) is 0 Å². The summed E-state index contributed by atoms with van der Waals surface area (Å²) in [5.74, 6) is 0. The summed E-state index contributed by atoms with van der Waals surface area (Å²) < 4.78 is 26.2. The Morgan fingerprint density at radius 1 is 1.25 bits per heavy atom. The van der Waals surface area contributed by atoms with Crippen molar-refractivity contribution >= 4 is 16.1 Å². The SMILES string of the molecule is CCCN1CC(C)N(S(=O)(=O)c2ccc(C)cc2)C1=O. The second-order valence-electron chi connectivity index (χ2n) is 5.19. The Morgan fingerprint density at radius 3 is 2.40 bits per heavy atom. The zero-order valence-electron chi connectivity index (χ0n) is 12.0. The number of amides is 2. The van der Waals surface area contributed by atoms with E-state index in [1.54, 1.807) is 36.1 Å². The van der Waals surface area contributed by atoms with E-state index in [0.29, 0.717) is 13.1 Å². The van der Waals surface area contributed by atoms with Gasteiger partial charge in [-0.1, -0.05) is 24.6 Å². The fourth-order valence-electron chi connectivity index (χ4n) is 2.42. The first-order chi connectivity index (χ1) is 9.37. The number of nitrogens with zero attached hydrogens (tertiary/aromatic N) is 2. The van der Waals surface area contributed by atoms with Crippen LogP contribution in [0.4, 0.5) is 4.79 Å². The zero-order chi connectivity index (χ0) is 14.9. The van der Waals surface area contributed by atoms with E-state index in [9.17, 15) is 13.2 Å². The van der Waals surface area contributed by atoms with Crippen molar-refractivity contribution in [2.24, 2.45) is 0 Å². The zero-order valence-corrected chi connectivity index (χ0v) is 12.9. The molecule has 0 saturated carbocycles. The van der Waals surface area contributed by atoms with Gasteiger partial charge in [-0.15, -0.1) is 0 Å². The van der Waals surface area contributed by atoms with Gasteiger partial charge in [0.2, 0.25) is 0 Å². The molecule has 0 aromatic heterocycles. The van der Waals surface area contributed by atoms with Crippen LogP contribution in [0.2, 0.25) is 0 Å². The third kappa shape index (κ3) is 2.52. The van der Waals surface area contributed by atoms with E-state index in [1.165, 1.54) is 0 Å². The number of hydrogen-bond donors (Lipinski definition) is 0. The summed E-state index contributed by atoms with van der Waals surface area (Å²) in [4.78, 5) is 14.0. The number of urea groups is 1. The normalized spacial score (nSPS) is 19.8. The highest BCUT2D eigenvalue weighted by Gasteiger charge is 2.42. The Balaban J connectivity index is 2.34. The molecule has 1 fully saturated rings. The van der Waals surface area contributed by atoms with Gasteiger partial charge in [-0.25, -0.2) is 17.5 Å². The lowest BCUT2D eigenvalue weighted by atomic mass is 10.2. The van der Waals surface area contributed by atoms with Gasteiger partial charge in [0.1, 0.15) is 0 Å². The predicted octanol–water partition coefficient (Wildman–Crippen LogP) is 2.22. The van der Waals surface area contributed by atoms with Crippen molar-refractivity contribution < 1.29 is 13.2 Å². The Labute approximate surface area is 120 Å². The summed E-state index contributed by atoms with van der Waals surface area (Å²) in [5.41, 5.74) is 0.984. The van der Waals surface area contributed by atoms with E-state index in [-0.39, 0.29) is 10.9 Å². The molecule has 0 N–H and O–H groups in total. The molecule has 0 bridgehead atoms. The van der Waals surface area contributed by atoms with E-state index in [0.717, 1.165) is 16.3 Å². The molecule has 1 aliphatic rings. The third-order valence-electron chi connectivity index (χ3n) is 3.42. The fourth-order valence-corrected chi connectivity index (χ4v) is 3.99. The molecule has 5 nitrogen and oxygen atoms in total. The van der Waals surface area contributed by atoms with Crippen molar-refractivity contribution in [3.63, 3.8) is 0 Å². The molecule has 6 heteroatoms. The Kier molecular flexibility index (Phi) is 4.04. The van der Waals surface area contributed by atoms with Gasteiger partial charge in [0.15, 0.2) is 0 Å². The van der Waals surface area contributed by atoms with E-state index < -0.39 is 16.1 Å². The van der Waals surface area contributed by atoms with E-state index in [2.05, 4.69) is 0 Å². The minimum Gasteiger partial charge on any atom is -0.322 e. The molecule has 2 amide bonds. The van der Waals surface area contributed by atoms with Crippen molar-refractivity contribution in [2.45, 2.75) is 38.1 Å². The predicted molar refractivity (Wildman–Crippen MR) is 76.9 cm³/mol. The minimum atomic E-state index is -3.76. The maximum absolute atomic E-state index is 12.6. The number of sulfonamides is 1. The van der Waals surface area contributed by atoms with Crippen LogP contribution in [0.3, 0.4) is 0 Å². The third-order valence-corrected chi connectivity index (χ3v) is 5.32. The van der Waals surface area contributed by atoms with E-state index in [4.69, 9.17) is 0 Å². The summed E-state index contributed by atoms with van der Waals surface area (Å²) in [7, 11) is -3.76. The van der Waals surface area contributed by atoms with E-state index >= 15 is 0 Å². The molecule has 1 aliphatic heterocycles. The highest BCUT2D eigenvalue weighted by molar-refractivity contribution is 7.89. The molecule has 110 valence electrons. The smallest absolute Gasteiger partial charge is 0.322 e. The lowest BCUT2D eigenvalue weighted by molar-refractivity contribution is 0.206. The van der Waals surface area contributed by atoms with Crippen LogP contribution in [-0.2, 0) is 10.0 Å². The Bertz CT molecular complexity index is 595. The molecule has 0 spiro atoms. The van der Waals surface area contributed by atoms with Crippen molar-refractivity contribution in [3.8, 4) is 0 Å². The van der Waals surface area contributed by atoms with E-state index in [1.807, 2.05) is 13.8 Å². The molecule has 0 aliphatic carbocycles. The molecule has 1 atom stereocenters. The lowest BCUT2D eigenvalue weighted by Crippen LogP contribution is -2.39. The number of hydrogen-bond acceptors (Lipinski definition) is 3. The number of carbonyl (C=O) groups excluding carboxylic acids is 1. The van der Waals surface area contributed by atoms with Gasteiger partial charge < -0.3 is 4.90 Å². The van der Waals surface area contributed by atoms with Crippen LogP contribution < -0.4 is 0 Å². The van der Waals surface area contributed by atoms with Crippen LogP contribution in [0.15, 0.2) is 29.2 Å². The average molecular weight is 296 g/mol. The van der Waals surface area contributed by atoms with Gasteiger partial charge >= 0.3 is 6.03 Å². The van der Waals surface area contributed by atoms with Crippen LogP contribution in [0.25, 0.3) is 0 Å². The fraction of sp³-hybridized carbons (Fsp3) is 0.500. The van der Waals surface area contributed by atoms with Crippen molar-refractivity contribution in [2.75, 3.05) is 13.1 Å². The maximum atomic E-state index is 12.6. The second-order valence-corrected chi connectivity index (χ2v) is 7.01. The summed E-state index contributed by atoms with van der Waals surface area (Å²) in [6.45, 7) is 6.66. The van der Waals surface area contributed by atoms with Crippen molar-refractivity contribution in [1.82, 2.24) is 9.21 Å². The van der Waals surface area contributed by atoms with Crippen molar-refractivity contribution in [3.05, 3.63) is 29.8 Å². The van der Waals surface area contributed by atoms with Crippen LogP contribution in [0, 0.1) is 6.92 Å². The topological polar surface area (TPSA) is 57.7 Å². The van der Waals surface area contributed by atoms with Gasteiger partial charge in [-0.2, -0.15) is 0 Å². The highest BCUT2D eigenvalue weighted by Crippen LogP contribution is 2.25. The summed E-state index contributed by atoms with van der Waals surface area (Å²) in [6, 6.07) is 5.82. The van der Waals surface area contributed by atoms with Gasteiger partial charge in [0.05, 0.1) is 10.9 Å². The van der Waals surface area contributed by atoms with Crippen LogP contribution in [0.1, 0.15) is 25.8 Å². The molecule has 2 rings (SSSR count). The molecule has 1 heterocycles. The molecule has 1 aromatic rings. The summed E-state index contributed by atoms with van der Waals surface area (Å²) >= 11 is 0. The van der Waals surface area contributed by atoms with Gasteiger partial charge in [-0.05, 0) is 32.4 Å². The molecule has 1 saturated heterocycles. The molecule has 20 heavy (non-hydrogen) atoms. The number of benzene rings is 1. The Morgan fingerprint density at radius 2 is 1.85 bits per heavy atom. The van der Waals surface area contributed by atoms with Gasteiger partial charge in [0, 0.05) is 13.1 Å². The van der Waals surface area contributed by atoms with Gasteiger partial charge in [-0.3, -0.25) is 0 Å². The molecule has 1 unspecified atom stereocenters.